The van der Waals surface area contributed by atoms with Gasteiger partial charge in [-0.3, -0.25) is 14.9 Å². The Balaban J connectivity index is 2.19. The minimum atomic E-state index is -0.927. The summed E-state index contributed by atoms with van der Waals surface area (Å²) in [6.45, 7) is -0.0155. The molecule has 7 heteroatoms. The number of nitro benzene ring substituents is 1. The van der Waals surface area contributed by atoms with Crippen LogP contribution in [0.2, 0.25) is 0 Å². The third-order valence-electron chi connectivity index (χ3n) is 2.72. The van der Waals surface area contributed by atoms with Gasteiger partial charge in [-0.1, -0.05) is 6.07 Å². The molecule has 0 atom stereocenters. The molecule has 21 heavy (non-hydrogen) atoms. The largest absolute Gasteiger partial charge is 0.487 e. The van der Waals surface area contributed by atoms with Crippen molar-refractivity contribution >= 4 is 27.9 Å². The number of carbonyl (C=O) groups excluding carboxylic acids is 1. The zero-order chi connectivity index (χ0) is 15.4. The highest BCUT2D eigenvalue weighted by Gasteiger charge is 2.14. The van der Waals surface area contributed by atoms with Gasteiger partial charge >= 0.3 is 5.69 Å². The molecule has 0 amide bonds. The van der Waals surface area contributed by atoms with E-state index in [1.807, 2.05) is 0 Å². The summed E-state index contributed by atoms with van der Waals surface area (Å²) in [5.74, 6) is -0.588. The normalized spacial score (nSPS) is 10.2. The van der Waals surface area contributed by atoms with Crippen LogP contribution in [0.3, 0.4) is 0 Å². The lowest BCUT2D eigenvalue weighted by Crippen LogP contribution is -2.01. The second-order valence-corrected chi connectivity index (χ2v) is 4.96. The van der Waals surface area contributed by atoms with Gasteiger partial charge in [-0.2, -0.15) is 4.39 Å². The molecular weight excluding hydrogens is 345 g/mol. The molecule has 2 aromatic rings. The molecule has 2 aromatic carbocycles. The van der Waals surface area contributed by atoms with E-state index in [1.54, 1.807) is 18.2 Å². The number of nitrogens with zero attached hydrogens (tertiary/aromatic N) is 1. The number of rotatable bonds is 5. The Morgan fingerprint density at radius 2 is 2.10 bits per heavy atom. The maximum absolute atomic E-state index is 13.5. The summed E-state index contributed by atoms with van der Waals surface area (Å²) in [5.41, 5.74) is 0.186. The Kier molecular flexibility index (Phi) is 4.64. The van der Waals surface area contributed by atoms with Gasteiger partial charge in [0.2, 0.25) is 5.82 Å². The minimum absolute atomic E-state index is 0.0155. The molecule has 2 rings (SSSR count). The van der Waals surface area contributed by atoms with Crippen molar-refractivity contribution in [1.29, 1.82) is 0 Å². The number of benzene rings is 2. The number of para-hydroxylation sites is 1. The lowest BCUT2D eigenvalue weighted by atomic mass is 10.2. The van der Waals surface area contributed by atoms with E-state index >= 15 is 0 Å². The predicted octanol–water partition coefficient (Wildman–Crippen LogP) is 3.89. The molecule has 0 aliphatic heterocycles. The van der Waals surface area contributed by atoms with Crippen molar-refractivity contribution in [2.45, 2.75) is 6.61 Å². The quantitative estimate of drug-likeness (QED) is 0.464. The molecule has 5 nitrogen and oxygen atoms in total. The summed E-state index contributed by atoms with van der Waals surface area (Å²) in [6.07, 6.45) is 0.649. The molecule has 0 radical (unpaired) electrons. The van der Waals surface area contributed by atoms with Gasteiger partial charge in [0, 0.05) is 6.07 Å². The van der Waals surface area contributed by atoms with E-state index in [2.05, 4.69) is 15.9 Å². The summed E-state index contributed by atoms with van der Waals surface area (Å²) in [4.78, 5) is 20.7. The number of carbonyl (C=O) groups is 1. The lowest BCUT2D eigenvalue weighted by Gasteiger charge is -2.10. The van der Waals surface area contributed by atoms with E-state index in [0.717, 1.165) is 12.1 Å². The SMILES string of the molecule is O=Cc1cccc(Br)c1OCc1ccc([N+](=O)[O-])c(F)c1. The number of hydrogen-bond donors (Lipinski definition) is 0. The lowest BCUT2D eigenvalue weighted by molar-refractivity contribution is -0.387. The van der Waals surface area contributed by atoms with Crippen LogP contribution in [0.1, 0.15) is 15.9 Å². The molecule has 0 aliphatic carbocycles. The third kappa shape index (κ3) is 3.43. The molecule has 108 valence electrons. The number of hydrogen-bond acceptors (Lipinski definition) is 4. The molecular formula is C14H9BrFNO4. The summed E-state index contributed by atoms with van der Waals surface area (Å²) in [5, 5.41) is 10.5. The van der Waals surface area contributed by atoms with Crippen LogP contribution < -0.4 is 4.74 Å². The molecule has 0 saturated carbocycles. The van der Waals surface area contributed by atoms with Crippen LogP contribution in [0, 0.1) is 15.9 Å². The van der Waals surface area contributed by atoms with Gasteiger partial charge in [0.15, 0.2) is 6.29 Å². The van der Waals surface area contributed by atoms with Crippen LogP contribution in [-0.4, -0.2) is 11.2 Å². The van der Waals surface area contributed by atoms with Crippen molar-refractivity contribution in [2.75, 3.05) is 0 Å². The molecule has 0 bridgehead atoms. The summed E-state index contributed by atoms with van der Waals surface area (Å²) in [6, 6.07) is 8.50. The predicted molar refractivity (Wildman–Crippen MR) is 76.9 cm³/mol. The van der Waals surface area contributed by atoms with Crippen molar-refractivity contribution in [3.63, 3.8) is 0 Å². The number of ether oxygens (including phenoxy) is 1. The average molecular weight is 354 g/mol. The third-order valence-corrected chi connectivity index (χ3v) is 3.34. The Hall–Kier alpha value is -2.28. The number of nitro groups is 1. The highest BCUT2D eigenvalue weighted by Crippen LogP contribution is 2.29. The van der Waals surface area contributed by atoms with E-state index in [1.165, 1.54) is 6.07 Å². The Morgan fingerprint density at radius 3 is 2.71 bits per heavy atom. The van der Waals surface area contributed by atoms with Crippen LogP contribution in [0.15, 0.2) is 40.9 Å². The smallest absolute Gasteiger partial charge is 0.304 e. The van der Waals surface area contributed by atoms with Crippen molar-refractivity contribution in [3.8, 4) is 5.75 Å². The fraction of sp³-hybridized carbons (Fsp3) is 0.0714. The molecule has 0 saturated heterocycles. The van der Waals surface area contributed by atoms with Gasteiger partial charge in [0.25, 0.3) is 0 Å². The van der Waals surface area contributed by atoms with E-state index in [-0.39, 0.29) is 6.61 Å². The van der Waals surface area contributed by atoms with Crippen molar-refractivity contribution in [1.82, 2.24) is 0 Å². The van der Waals surface area contributed by atoms with E-state index in [9.17, 15) is 19.3 Å². The van der Waals surface area contributed by atoms with Crippen LogP contribution >= 0.6 is 15.9 Å². The maximum Gasteiger partial charge on any atom is 0.304 e. The van der Waals surface area contributed by atoms with Gasteiger partial charge in [-0.05, 0) is 45.8 Å². The first kappa shape index (κ1) is 15.1. The fourth-order valence-corrected chi connectivity index (χ4v) is 2.21. The summed E-state index contributed by atoms with van der Waals surface area (Å²) >= 11 is 3.26. The summed E-state index contributed by atoms with van der Waals surface area (Å²) in [7, 11) is 0. The van der Waals surface area contributed by atoms with Crippen LogP contribution in [-0.2, 0) is 6.61 Å². The Bertz CT molecular complexity index is 705. The highest BCUT2D eigenvalue weighted by atomic mass is 79.9. The second kappa shape index (κ2) is 6.45. The Labute approximate surface area is 127 Å². The molecule has 0 unspecified atom stereocenters. The van der Waals surface area contributed by atoms with Gasteiger partial charge in [0.1, 0.15) is 12.4 Å². The molecule has 0 heterocycles. The second-order valence-electron chi connectivity index (χ2n) is 4.11. The van der Waals surface area contributed by atoms with Crippen LogP contribution in [0.25, 0.3) is 0 Å². The standard InChI is InChI=1S/C14H9BrFNO4/c15-11-3-1-2-10(7-18)14(11)21-8-9-4-5-13(17(19)20)12(16)6-9/h1-7H,8H2. The van der Waals surface area contributed by atoms with Gasteiger partial charge in [-0.15, -0.1) is 0 Å². The van der Waals surface area contributed by atoms with Gasteiger partial charge < -0.3 is 4.74 Å². The van der Waals surface area contributed by atoms with E-state index < -0.39 is 16.4 Å². The van der Waals surface area contributed by atoms with E-state index in [4.69, 9.17) is 4.74 Å². The monoisotopic (exact) mass is 353 g/mol. The van der Waals surface area contributed by atoms with Crippen molar-refractivity contribution in [3.05, 3.63) is 67.9 Å². The molecule has 0 N–H and O–H groups in total. The first-order valence-corrected chi connectivity index (χ1v) is 6.61. The maximum atomic E-state index is 13.5. The minimum Gasteiger partial charge on any atom is -0.487 e. The van der Waals surface area contributed by atoms with Crippen LogP contribution in [0.4, 0.5) is 10.1 Å². The molecule has 0 aliphatic rings. The molecule has 0 aromatic heterocycles. The number of aldehydes is 1. The Morgan fingerprint density at radius 1 is 1.33 bits per heavy atom. The first-order valence-electron chi connectivity index (χ1n) is 5.82. The zero-order valence-electron chi connectivity index (χ0n) is 10.6. The van der Waals surface area contributed by atoms with Gasteiger partial charge in [0.05, 0.1) is 15.0 Å². The number of halogens is 2. The van der Waals surface area contributed by atoms with Crippen LogP contribution in [0.5, 0.6) is 5.75 Å². The molecule has 0 fully saturated rings. The zero-order valence-corrected chi connectivity index (χ0v) is 12.2. The van der Waals surface area contributed by atoms with E-state index in [0.29, 0.717) is 27.6 Å². The molecule has 0 spiro atoms. The van der Waals surface area contributed by atoms with Crippen molar-refractivity contribution < 1.29 is 18.8 Å². The average Bonchev–Trinajstić information content (AvgIpc) is 2.45. The fourth-order valence-electron chi connectivity index (χ4n) is 1.71. The summed E-state index contributed by atoms with van der Waals surface area (Å²) < 4.78 is 19.6. The topological polar surface area (TPSA) is 69.4 Å². The van der Waals surface area contributed by atoms with Crippen molar-refractivity contribution in [2.24, 2.45) is 0 Å². The highest BCUT2D eigenvalue weighted by molar-refractivity contribution is 9.10. The first-order chi connectivity index (χ1) is 10.0. The van der Waals surface area contributed by atoms with Gasteiger partial charge in [-0.25, -0.2) is 0 Å².